The van der Waals surface area contributed by atoms with Crippen LogP contribution >= 0.6 is 0 Å². The maximum atomic E-state index is 12.8. The number of nitrogens with zero attached hydrogens (tertiary/aromatic N) is 3. The molecule has 8 N–H and O–H groups in total. The number of aldehydes is 1. The first kappa shape index (κ1) is 34.4. The van der Waals surface area contributed by atoms with Crippen molar-refractivity contribution < 1.29 is 28.5 Å². The molecular formula is C24H48N9O5+. The van der Waals surface area contributed by atoms with Crippen LogP contribution in [-0.2, 0) is 19.1 Å². The minimum Gasteiger partial charge on any atom is -0.444 e. The summed E-state index contributed by atoms with van der Waals surface area (Å²) in [6, 6.07) is -1.63. The van der Waals surface area contributed by atoms with Crippen molar-refractivity contribution in [3.8, 4) is 0 Å². The van der Waals surface area contributed by atoms with E-state index in [4.69, 9.17) is 16.2 Å². The molecule has 2 atom stereocenters. The smallest absolute Gasteiger partial charge is 0.408 e. The zero-order chi connectivity index (χ0) is 29.3. The number of amides is 3. The molecule has 0 aromatic carbocycles. The van der Waals surface area contributed by atoms with Crippen LogP contribution in [0.15, 0.2) is 4.99 Å². The molecule has 0 spiro atoms. The average molecular weight is 543 g/mol. The highest BCUT2D eigenvalue weighted by Gasteiger charge is 2.25. The van der Waals surface area contributed by atoms with Gasteiger partial charge in [-0.05, 0) is 52.9 Å². The van der Waals surface area contributed by atoms with Crippen molar-refractivity contribution in [1.29, 1.82) is 0 Å². The van der Waals surface area contributed by atoms with Gasteiger partial charge in [0.2, 0.25) is 11.8 Å². The van der Waals surface area contributed by atoms with Crippen molar-refractivity contribution in [2.75, 3.05) is 47.8 Å². The highest BCUT2D eigenvalue weighted by Crippen LogP contribution is 2.08. The van der Waals surface area contributed by atoms with E-state index in [1.165, 1.54) is 0 Å². The number of aliphatic imine (C=N–C) groups is 1. The number of alkyl carbamates (subject to hydrolysis) is 1. The molecular weight excluding hydrogens is 494 g/mol. The normalized spacial score (nSPS) is 12.3. The van der Waals surface area contributed by atoms with Crippen molar-refractivity contribution in [3.63, 3.8) is 0 Å². The minimum absolute atomic E-state index is 0.0459. The summed E-state index contributed by atoms with van der Waals surface area (Å²) in [6.07, 6.45) is 2.44. The highest BCUT2D eigenvalue weighted by molar-refractivity contribution is 5.90. The fourth-order valence-corrected chi connectivity index (χ4v) is 3.35. The van der Waals surface area contributed by atoms with Crippen molar-refractivity contribution in [3.05, 3.63) is 0 Å². The summed E-state index contributed by atoms with van der Waals surface area (Å²) in [5.41, 5.74) is 9.79. The fourth-order valence-electron chi connectivity index (χ4n) is 3.35. The zero-order valence-electron chi connectivity index (χ0n) is 23.9. The lowest BCUT2D eigenvalue weighted by Crippen LogP contribution is -2.51. The lowest BCUT2D eigenvalue weighted by molar-refractivity contribution is -0.472. The topological polar surface area (TPSA) is 196 Å². The average Bonchev–Trinajstić information content (AvgIpc) is 2.78. The van der Waals surface area contributed by atoms with E-state index < -0.39 is 35.6 Å². The second-order valence-electron chi connectivity index (χ2n) is 10.2. The Bertz CT molecular complexity index is 830. The molecule has 0 saturated carbocycles. The van der Waals surface area contributed by atoms with Crippen LogP contribution in [0.25, 0.3) is 0 Å². The Hall–Kier alpha value is -3.58. The van der Waals surface area contributed by atoms with E-state index in [9.17, 15) is 19.2 Å². The van der Waals surface area contributed by atoms with Crippen LogP contribution < -0.4 is 32.7 Å². The summed E-state index contributed by atoms with van der Waals surface area (Å²) in [5.74, 6) is -0.159. The van der Waals surface area contributed by atoms with Crippen molar-refractivity contribution in [1.82, 2.24) is 26.2 Å². The van der Waals surface area contributed by atoms with Crippen molar-refractivity contribution in [2.24, 2.45) is 16.5 Å². The molecule has 0 aliphatic carbocycles. The van der Waals surface area contributed by atoms with E-state index in [-0.39, 0.29) is 12.5 Å². The number of carbonyl (C=O) groups excluding carboxylic acids is 4. The van der Waals surface area contributed by atoms with Gasteiger partial charge in [0.05, 0.1) is 47.3 Å². The van der Waals surface area contributed by atoms with E-state index in [0.29, 0.717) is 45.1 Å². The van der Waals surface area contributed by atoms with Gasteiger partial charge in [0.25, 0.3) is 0 Å². The predicted octanol–water partition coefficient (Wildman–Crippen LogP) is -1.32. The van der Waals surface area contributed by atoms with Crippen molar-refractivity contribution in [2.45, 2.75) is 70.6 Å². The molecule has 0 radical (unpaired) electrons. The molecule has 0 aromatic rings. The largest absolute Gasteiger partial charge is 0.444 e. The Balaban J connectivity index is 4.91. The first-order valence-corrected chi connectivity index (χ1v) is 12.7. The van der Waals surface area contributed by atoms with Crippen LogP contribution in [0.1, 0.15) is 52.9 Å². The van der Waals surface area contributed by atoms with E-state index >= 15 is 0 Å². The van der Waals surface area contributed by atoms with Gasteiger partial charge in [-0.1, -0.05) is 0 Å². The molecule has 0 heterocycles. The van der Waals surface area contributed by atoms with Crippen LogP contribution in [0.5, 0.6) is 0 Å². The summed E-state index contributed by atoms with van der Waals surface area (Å²) in [5, 5.41) is 11.0. The van der Waals surface area contributed by atoms with Gasteiger partial charge in [0, 0.05) is 6.54 Å². The third-order valence-electron chi connectivity index (χ3n) is 4.96. The number of nitrogens with one attached hydrogen (secondary N) is 4. The minimum atomic E-state index is -0.898. The number of nitrogens with two attached hydrogens (primary N) is 2. The Morgan fingerprint density at radius 1 is 1.03 bits per heavy atom. The summed E-state index contributed by atoms with van der Waals surface area (Å²) in [6.45, 7) is 5.82. The monoisotopic (exact) mass is 542 g/mol. The SMILES string of the molecule is CN(C)C(NCCCC[C@@H](NC(=O)OC(C)(C)C)C(=O)NCC(=O)N[C@H](C=O)CCCN=C(N)N)=[N+](C)C. The summed E-state index contributed by atoms with van der Waals surface area (Å²) in [7, 11) is 7.75. The highest BCUT2D eigenvalue weighted by atomic mass is 16.6. The van der Waals surface area contributed by atoms with Crippen LogP contribution in [0.4, 0.5) is 4.79 Å². The predicted molar refractivity (Wildman–Crippen MR) is 147 cm³/mol. The molecule has 0 aliphatic heterocycles. The van der Waals surface area contributed by atoms with Gasteiger partial charge in [-0.25, -0.2) is 4.79 Å². The molecule has 3 amide bonds. The standard InChI is InChI=1S/C24H47N9O5/c1-24(2,3)38-23(37)31-18(12-8-9-13-28-22(32(4)5)33(6)7)20(36)29-15-19(35)30-17(16-34)11-10-14-27-21(25)26/h16-18H,8-15H2,1-7H3,(H7,25,26,27,29,30,31,35,36,37)/p+1/t17-,18+/m0/s1. The first-order chi connectivity index (χ1) is 17.7. The van der Waals surface area contributed by atoms with Crippen LogP contribution in [-0.4, -0.2) is 111 Å². The third kappa shape index (κ3) is 17.0. The molecule has 0 aromatic heterocycles. The van der Waals surface area contributed by atoms with E-state index in [0.717, 1.165) is 12.4 Å². The molecule has 0 rings (SSSR count). The number of carbonyl (C=O) groups is 4. The second-order valence-corrected chi connectivity index (χ2v) is 10.2. The van der Waals surface area contributed by atoms with Crippen LogP contribution in [0.3, 0.4) is 0 Å². The lowest BCUT2D eigenvalue weighted by Gasteiger charge is -2.23. The molecule has 14 nitrogen and oxygen atoms in total. The molecule has 0 unspecified atom stereocenters. The molecule has 218 valence electrons. The molecule has 0 bridgehead atoms. The molecule has 0 saturated heterocycles. The lowest BCUT2D eigenvalue weighted by atomic mass is 10.1. The van der Waals surface area contributed by atoms with Gasteiger partial charge >= 0.3 is 12.1 Å². The van der Waals surface area contributed by atoms with E-state index in [2.05, 4.69) is 26.3 Å². The third-order valence-corrected chi connectivity index (χ3v) is 4.96. The molecule has 14 heteroatoms. The van der Waals surface area contributed by atoms with E-state index in [1.807, 2.05) is 37.7 Å². The first-order valence-electron chi connectivity index (χ1n) is 12.7. The Morgan fingerprint density at radius 3 is 2.21 bits per heavy atom. The zero-order valence-corrected chi connectivity index (χ0v) is 23.9. The maximum absolute atomic E-state index is 12.8. The Labute approximate surface area is 226 Å². The quantitative estimate of drug-likeness (QED) is 0.0478. The van der Waals surface area contributed by atoms with Crippen LogP contribution in [0.2, 0.25) is 0 Å². The second kappa shape index (κ2) is 17.8. The Kier molecular flexibility index (Phi) is 16.1. The number of ether oxygens (including phenoxy) is 1. The van der Waals surface area contributed by atoms with Crippen LogP contribution in [0, 0.1) is 0 Å². The number of guanidine groups is 2. The van der Waals surface area contributed by atoms with Gasteiger partial charge in [0.15, 0.2) is 5.96 Å². The summed E-state index contributed by atoms with van der Waals surface area (Å²) in [4.78, 5) is 54.5. The van der Waals surface area contributed by atoms with Gasteiger partial charge < -0.3 is 36.9 Å². The number of hydrogen-bond acceptors (Lipinski definition) is 6. The molecule has 0 aliphatic rings. The van der Waals surface area contributed by atoms with Gasteiger partial charge in [-0.2, -0.15) is 0 Å². The number of unbranched alkanes of at least 4 members (excludes halogenated alkanes) is 1. The maximum Gasteiger partial charge on any atom is 0.408 e. The number of rotatable bonds is 15. The molecule has 38 heavy (non-hydrogen) atoms. The van der Waals surface area contributed by atoms with Gasteiger partial charge in [-0.15, -0.1) is 0 Å². The van der Waals surface area contributed by atoms with E-state index in [1.54, 1.807) is 20.8 Å². The Morgan fingerprint density at radius 2 is 1.68 bits per heavy atom. The van der Waals surface area contributed by atoms with Gasteiger partial charge in [0.1, 0.15) is 17.9 Å². The fraction of sp³-hybridized carbons (Fsp3) is 0.750. The number of hydrogen-bond donors (Lipinski definition) is 6. The van der Waals surface area contributed by atoms with Gasteiger partial charge in [-0.3, -0.25) is 29.4 Å². The summed E-state index contributed by atoms with van der Waals surface area (Å²) >= 11 is 0. The molecule has 0 fully saturated rings. The van der Waals surface area contributed by atoms with Crippen molar-refractivity contribution >= 4 is 36.1 Å². The summed E-state index contributed by atoms with van der Waals surface area (Å²) < 4.78 is 7.25.